The average molecular weight is 300 g/mol. The molecule has 0 bridgehead atoms. The number of hydrogen-bond donors (Lipinski definition) is 4. The van der Waals surface area contributed by atoms with E-state index < -0.39 is 6.10 Å². The van der Waals surface area contributed by atoms with Crippen LogP contribution in [0.5, 0.6) is 5.75 Å². The smallest absolute Gasteiger partial charge is 0.119 e. The van der Waals surface area contributed by atoms with E-state index in [0.717, 1.165) is 25.2 Å². The first-order valence-corrected chi connectivity index (χ1v) is 6.92. The number of ether oxygens (including phenoxy) is 1. The molecule has 0 fully saturated rings. The zero-order valence-electron chi connectivity index (χ0n) is 12.9. The number of phenolic OH excluding ortho intramolecular Hbond substituents is 1. The molecule has 1 aromatic rings. The first-order chi connectivity index (χ1) is 10.1. The van der Waals surface area contributed by atoms with Gasteiger partial charge in [-0.2, -0.15) is 0 Å². The van der Waals surface area contributed by atoms with Crippen molar-refractivity contribution in [2.24, 2.45) is 0 Å². The summed E-state index contributed by atoms with van der Waals surface area (Å²) < 4.78 is 4.83. The van der Waals surface area contributed by atoms with Gasteiger partial charge in [-0.25, -0.2) is 0 Å². The average Bonchev–Trinajstić information content (AvgIpc) is 2.51. The summed E-state index contributed by atoms with van der Waals surface area (Å²) in [7, 11) is 0. The number of benzene rings is 1. The van der Waals surface area contributed by atoms with Crippen LogP contribution in [0.1, 0.15) is 19.4 Å². The van der Waals surface area contributed by atoms with Gasteiger partial charge in [0.2, 0.25) is 0 Å². The predicted octanol–water partition coefficient (Wildman–Crippen LogP) is 1.50. The van der Waals surface area contributed by atoms with Gasteiger partial charge in [0, 0.05) is 13.2 Å². The van der Waals surface area contributed by atoms with E-state index in [2.05, 4.69) is 6.58 Å². The third-order valence-corrected chi connectivity index (χ3v) is 2.19. The summed E-state index contributed by atoms with van der Waals surface area (Å²) in [5, 5.41) is 33.2. The maximum Gasteiger partial charge on any atom is 0.119 e. The molecule has 1 rings (SSSR count). The topological polar surface area (TPSA) is 90.2 Å². The van der Waals surface area contributed by atoms with E-state index in [0.29, 0.717) is 5.75 Å². The highest BCUT2D eigenvalue weighted by Gasteiger charge is 1.94. The summed E-state index contributed by atoms with van der Waals surface area (Å²) in [5.74, 6) is 0.349. The fraction of sp³-hybridized carbons (Fsp3) is 0.500. The van der Waals surface area contributed by atoms with Gasteiger partial charge in [-0.3, -0.25) is 0 Å². The highest BCUT2D eigenvalue weighted by atomic mass is 16.5. The van der Waals surface area contributed by atoms with Crippen LogP contribution in [0.3, 0.4) is 0 Å². The van der Waals surface area contributed by atoms with Gasteiger partial charge in [0.15, 0.2) is 0 Å². The van der Waals surface area contributed by atoms with Crippen LogP contribution in [0.25, 0.3) is 0 Å². The number of para-hydroxylation sites is 1. The van der Waals surface area contributed by atoms with Crippen molar-refractivity contribution in [1.29, 1.82) is 0 Å². The molecule has 21 heavy (non-hydrogen) atoms. The van der Waals surface area contributed by atoms with Crippen LogP contribution < -0.4 is 0 Å². The standard InChI is InChI=1S/C9H10O.C4H10O.C3H8O3/c1-2-5-8-6-3-4-7-9(8)10;1-3-5-4-2;4-1-3(6)2-5/h2-4,6-7,10H,1,5H2;3-4H2,1-2H3;3-6H,1-2H2. The second kappa shape index (κ2) is 16.7. The van der Waals surface area contributed by atoms with Crippen molar-refractivity contribution in [3.63, 3.8) is 0 Å². The predicted molar refractivity (Wildman–Crippen MR) is 84.4 cm³/mol. The van der Waals surface area contributed by atoms with Gasteiger partial charge in [0.1, 0.15) is 11.9 Å². The minimum Gasteiger partial charge on any atom is -0.508 e. The van der Waals surface area contributed by atoms with Crippen LogP contribution in [0, 0.1) is 0 Å². The zero-order valence-corrected chi connectivity index (χ0v) is 12.9. The van der Waals surface area contributed by atoms with E-state index in [4.69, 9.17) is 20.1 Å². The number of allylic oxidation sites excluding steroid dienone is 1. The van der Waals surface area contributed by atoms with Crippen molar-refractivity contribution in [2.75, 3.05) is 26.4 Å². The van der Waals surface area contributed by atoms with Crippen molar-refractivity contribution >= 4 is 0 Å². The van der Waals surface area contributed by atoms with Gasteiger partial charge in [0.05, 0.1) is 13.2 Å². The van der Waals surface area contributed by atoms with Crippen LogP contribution in [0.15, 0.2) is 36.9 Å². The highest BCUT2D eigenvalue weighted by Crippen LogP contribution is 2.15. The van der Waals surface area contributed by atoms with E-state index >= 15 is 0 Å². The summed E-state index contributed by atoms with van der Waals surface area (Å²) in [6, 6.07) is 7.27. The molecule has 0 aromatic heterocycles. The quantitative estimate of drug-likeness (QED) is 0.598. The van der Waals surface area contributed by atoms with Gasteiger partial charge in [-0.15, -0.1) is 6.58 Å². The molecule has 0 atom stereocenters. The molecule has 122 valence electrons. The normalized spacial score (nSPS) is 9.24. The summed E-state index contributed by atoms with van der Waals surface area (Å²) in [6.45, 7) is 8.52. The third kappa shape index (κ3) is 14.8. The first kappa shape index (κ1) is 21.9. The van der Waals surface area contributed by atoms with E-state index in [-0.39, 0.29) is 13.2 Å². The molecule has 0 amide bonds. The molecule has 0 unspecified atom stereocenters. The van der Waals surface area contributed by atoms with Crippen molar-refractivity contribution < 1.29 is 25.2 Å². The largest absolute Gasteiger partial charge is 0.508 e. The fourth-order valence-corrected chi connectivity index (χ4v) is 1.10. The van der Waals surface area contributed by atoms with E-state index in [1.807, 2.05) is 32.0 Å². The molecule has 0 radical (unpaired) electrons. The Bertz CT molecular complexity index is 335. The van der Waals surface area contributed by atoms with Gasteiger partial charge in [0.25, 0.3) is 0 Å². The van der Waals surface area contributed by atoms with Gasteiger partial charge in [-0.05, 0) is 31.9 Å². The summed E-state index contributed by atoms with van der Waals surface area (Å²) in [4.78, 5) is 0. The molecule has 0 aliphatic carbocycles. The first-order valence-electron chi connectivity index (χ1n) is 6.92. The Hall–Kier alpha value is -1.40. The fourth-order valence-electron chi connectivity index (χ4n) is 1.10. The van der Waals surface area contributed by atoms with E-state index in [1.165, 1.54) is 0 Å². The lowest BCUT2D eigenvalue weighted by atomic mass is 10.1. The molecule has 1 aromatic carbocycles. The lowest BCUT2D eigenvalue weighted by Crippen LogP contribution is -2.15. The van der Waals surface area contributed by atoms with Crippen molar-refractivity contribution in [1.82, 2.24) is 0 Å². The number of rotatable bonds is 6. The number of aliphatic hydroxyl groups excluding tert-OH is 3. The van der Waals surface area contributed by atoms with Crippen LogP contribution >= 0.6 is 0 Å². The van der Waals surface area contributed by atoms with Gasteiger partial charge in [-0.1, -0.05) is 24.3 Å². The molecule has 0 saturated heterocycles. The maximum absolute atomic E-state index is 9.19. The van der Waals surface area contributed by atoms with Crippen molar-refractivity contribution in [2.45, 2.75) is 26.4 Å². The molecule has 5 heteroatoms. The second-order valence-electron chi connectivity index (χ2n) is 3.92. The van der Waals surface area contributed by atoms with E-state index in [9.17, 15) is 5.11 Å². The Morgan fingerprint density at radius 1 is 1.14 bits per heavy atom. The van der Waals surface area contributed by atoms with Crippen LogP contribution in [-0.2, 0) is 11.2 Å². The van der Waals surface area contributed by atoms with Crippen LogP contribution in [-0.4, -0.2) is 53.0 Å². The maximum atomic E-state index is 9.19. The Labute approximate surface area is 127 Å². The SMILES string of the molecule is C=CCc1ccccc1O.CCOCC.OCC(O)CO. The van der Waals surface area contributed by atoms with Crippen LogP contribution in [0.2, 0.25) is 0 Å². The minimum absolute atomic E-state index is 0.349. The molecular formula is C16H28O5. The summed E-state index contributed by atoms with van der Waals surface area (Å²) in [5.41, 5.74) is 0.928. The molecular weight excluding hydrogens is 272 g/mol. The van der Waals surface area contributed by atoms with Gasteiger partial charge >= 0.3 is 0 Å². The van der Waals surface area contributed by atoms with Crippen molar-refractivity contribution in [3.05, 3.63) is 42.5 Å². The van der Waals surface area contributed by atoms with Crippen molar-refractivity contribution in [3.8, 4) is 5.75 Å². The molecule has 0 spiro atoms. The molecule has 5 nitrogen and oxygen atoms in total. The van der Waals surface area contributed by atoms with E-state index in [1.54, 1.807) is 12.1 Å². The second-order valence-corrected chi connectivity index (χ2v) is 3.92. The van der Waals surface area contributed by atoms with Gasteiger partial charge < -0.3 is 25.2 Å². The number of aliphatic hydroxyl groups is 3. The summed E-state index contributed by atoms with van der Waals surface area (Å²) >= 11 is 0. The zero-order chi connectivity index (χ0) is 16.5. The van der Waals surface area contributed by atoms with Crippen LogP contribution in [0.4, 0.5) is 0 Å². The number of hydrogen-bond acceptors (Lipinski definition) is 5. The Kier molecular flexibility index (Phi) is 17.4. The molecule has 4 N–H and O–H groups in total. The Morgan fingerprint density at radius 3 is 1.95 bits per heavy atom. The number of phenols is 1. The molecule has 0 aliphatic heterocycles. The monoisotopic (exact) mass is 300 g/mol. The molecule has 0 saturated carbocycles. The minimum atomic E-state index is -0.954. The Morgan fingerprint density at radius 2 is 1.67 bits per heavy atom. The highest BCUT2D eigenvalue weighted by molar-refractivity contribution is 5.32. The molecule has 0 aliphatic rings. The summed E-state index contributed by atoms with van der Waals surface area (Å²) in [6.07, 6.45) is 1.55. The lowest BCUT2D eigenvalue weighted by molar-refractivity contribution is 0.0450. The molecule has 0 heterocycles. The third-order valence-electron chi connectivity index (χ3n) is 2.19. The number of aromatic hydroxyl groups is 1. The Balaban J connectivity index is 0. The lowest BCUT2D eigenvalue weighted by Gasteiger charge is -1.97.